The smallest absolute Gasteiger partial charge is 0.445 e. The maximum atomic E-state index is 12.5. The molecule has 0 radical (unpaired) electrons. The van der Waals surface area contributed by atoms with Crippen LogP contribution in [-0.2, 0) is 0 Å². The first kappa shape index (κ1) is 10.2. The van der Waals surface area contributed by atoms with Crippen LogP contribution >= 0.6 is 0 Å². The van der Waals surface area contributed by atoms with Gasteiger partial charge in [0.25, 0.3) is 0 Å². The molecular formula is C9H11BF3-. The van der Waals surface area contributed by atoms with Crippen LogP contribution in [0.3, 0.4) is 0 Å². The quantitative estimate of drug-likeness (QED) is 0.592. The molecule has 0 aromatic heterocycles. The second kappa shape index (κ2) is 3.09. The van der Waals surface area contributed by atoms with Gasteiger partial charge < -0.3 is 12.9 Å². The first-order valence-electron chi connectivity index (χ1n) is 4.10. The van der Waals surface area contributed by atoms with E-state index in [-0.39, 0.29) is 0 Å². The molecule has 13 heavy (non-hydrogen) atoms. The number of hydrogen-bond acceptors (Lipinski definition) is 0. The van der Waals surface area contributed by atoms with Gasteiger partial charge >= 0.3 is 6.98 Å². The SMILES string of the molecule is Cc1cc(C)c([B-](F)(F)F)c(C)c1. The Morgan fingerprint density at radius 3 is 1.62 bits per heavy atom. The van der Waals surface area contributed by atoms with Gasteiger partial charge in [0.1, 0.15) is 0 Å². The van der Waals surface area contributed by atoms with E-state index in [4.69, 9.17) is 0 Å². The fourth-order valence-corrected chi connectivity index (χ4v) is 1.71. The monoisotopic (exact) mass is 187 g/mol. The van der Waals surface area contributed by atoms with Crippen molar-refractivity contribution >= 4 is 12.4 Å². The van der Waals surface area contributed by atoms with Crippen molar-refractivity contribution in [2.75, 3.05) is 0 Å². The fourth-order valence-electron chi connectivity index (χ4n) is 1.71. The molecule has 0 bridgehead atoms. The van der Waals surface area contributed by atoms with Gasteiger partial charge in [0.15, 0.2) is 0 Å². The largest absolute Gasteiger partial charge is 0.510 e. The first-order chi connectivity index (χ1) is 5.82. The van der Waals surface area contributed by atoms with Gasteiger partial charge in [-0.15, -0.1) is 5.46 Å². The summed E-state index contributed by atoms with van der Waals surface area (Å²) in [5.74, 6) is 0. The molecule has 0 heterocycles. The molecule has 0 unspecified atom stereocenters. The van der Waals surface area contributed by atoms with Gasteiger partial charge in [-0.25, -0.2) is 0 Å². The maximum Gasteiger partial charge on any atom is 0.510 e. The van der Waals surface area contributed by atoms with Crippen molar-refractivity contribution in [1.82, 2.24) is 0 Å². The number of rotatable bonds is 1. The van der Waals surface area contributed by atoms with Crippen molar-refractivity contribution in [1.29, 1.82) is 0 Å². The lowest BCUT2D eigenvalue weighted by molar-refractivity contribution is 0.500. The molecule has 0 nitrogen and oxygen atoms in total. The molecule has 1 aromatic rings. The zero-order valence-electron chi connectivity index (χ0n) is 7.87. The molecule has 0 saturated carbocycles. The molecule has 0 aliphatic heterocycles. The van der Waals surface area contributed by atoms with E-state index >= 15 is 0 Å². The van der Waals surface area contributed by atoms with Gasteiger partial charge in [0.2, 0.25) is 0 Å². The Kier molecular flexibility index (Phi) is 2.41. The molecule has 0 N–H and O–H groups in total. The topological polar surface area (TPSA) is 0 Å². The number of aryl methyl sites for hydroxylation is 3. The number of hydrogen-bond donors (Lipinski definition) is 0. The van der Waals surface area contributed by atoms with Crippen LogP contribution in [0.2, 0.25) is 0 Å². The van der Waals surface area contributed by atoms with E-state index in [0.717, 1.165) is 5.56 Å². The highest BCUT2D eigenvalue weighted by Crippen LogP contribution is 2.16. The van der Waals surface area contributed by atoms with E-state index in [1.807, 2.05) is 0 Å². The van der Waals surface area contributed by atoms with Crippen molar-refractivity contribution < 1.29 is 12.9 Å². The van der Waals surface area contributed by atoms with Gasteiger partial charge in [0, 0.05) is 0 Å². The van der Waals surface area contributed by atoms with Gasteiger partial charge in [-0.1, -0.05) is 28.8 Å². The van der Waals surface area contributed by atoms with Crippen molar-refractivity contribution in [2.24, 2.45) is 0 Å². The molecule has 0 fully saturated rings. The molecule has 0 amide bonds. The van der Waals surface area contributed by atoms with Gasteiger partial charge in [-0.2, -0.15) is 0 Å². The second-order valence-electron chi connectivity index (χ2n) is 3.39. The Labute approximate surface area is 75.8 Å². The minimum absolute atomic E-state index is 0.324. The Balaban J connectivity index is 3.38. The normalized spacial score (nSPS) is 11.8. The third-order valence-corrected chi connectivity index (χ3v) is 2.07. The highest BCUT2D eigenvalue weighted by molar-refractivity contribution is 6.74. The van der Waals surface area contributed by atoms with Crippen molar-refractivity contribution in [3.63, 3.8) is 0 Å². The van der Waals surface area contributed by atoms with Crippen LogP contribution in [0.1, 0.15) is 16.7 Å². The average Bonchev–Trinajstić information content (AvgIpc) is 1.78. The summed E-state index contributed by atoms with van der Waals surface area (Å²) in [6, 6.07) is 3.13. The molecular weight excluding hydrogens is 176 g/mol. The zero-order valence-corrected chi connectivity index (χ0v) is 7.87. The molecule has 72 valence electrons. The lowest BCUT2D eigenvalue weighted by atomic mass is 9.74. The highest BCUT2D eigenvalue weighted by atomic mass is 19.4. The van der Waals surface area contributed by atoms with Crippen molar-refractivity contribution in [2.45, 2.75) is 20.8 Å². The molecule has 0 saturated heterocycles. The summed E-state index contributed by atoms with van der Waals surface area (Å²) >= 11 is 0. The average molecular weight is 187 g/mol. The highest BCUT2D eigenvalue weighted by Gasteiger charge is 2.28. The zero-order chi connectivity index (χ0) is 10.2. The number of benzene rings is 1. The third-order valence-electron chi connectivity index (χ3n) is 2.07. The molecule has 0 atom stereocenters. The third kappa shape index (κ3) is 2.05. The Morgan fingerprint density at radius 1 is 0.923 bits per heavy atom. The Bertz CT molecular complexity index is 305. The van der Waals surface area contributed by atoms with Crippen molar-refractivity contribution in [3.8, 4) is 0 Å². The molecule has 0 spiro atoms. The summed E-state index contributed by atoms with van der Waals surface area (Å²) in [6.45, 7) is -0.0614. The van der Waals surface area contributed by atoms with Crippen LogP contribution in [0.15, 0.2) is 12.1 Å². The molecule has 0 aliphatic carbocycles. The molecule has 4 heteroatoms. The standard InChI is InChI=1S/C9H11BF3/c1-6-4-7(2)9(8(3)5-6)10(11,12)13/h4-5H,1-3H3/q-1. The summed E-state index contributed by atoms with van der Waals surface area (Å²) in [5.41, 5.74) is 1.08. The van der Waals surface area contributed by atoms with E-state index in [0.29, 0.717) is 11.1 Å². The van der Waals surface area contributed by atoms with Gasteiger partial charge in [-0.05, 0) is 20.8 Å². The van der Waals surface area contributed by atoms with Crippen molar-refractivity contribution in [3.05, 3.63) is 28.8 Å². The van der Waals surface area contributed by atoms with Crippen LogP contribution in [-0.4, -0.2) is 6.98 Å². The minimum Gasteiger partial charge on any atom is -0.445 e. The minimum atomic E-state index is -4.87. The summed E-state index contributed by atoms with van der Waals surface area (Å²) in [5, 5.41) is 0. The van der Waals surface area contributed by atoms with Crippen LogP contribution in [0.5, 0.6) is 0 Å². The summed E-state index contributed by atoms with van der Waals surface area (Å²) in [4.78, 5) is 0. The summed E-state index contributed by atoms with van der Waals surface area (Å²) in [6.07, 6.45) is 0. The lowest BCUT2D eigenvalue weighted by Gasteiger charge is -2.21. The van der Waals surface area contributed by atoms with Crippen LogP contribution in [0.4, 0.5) is 12.9 Å². The molecule has 1 aromatic carbocycles. The van der Waals surface area contributed by atoms with E-state index in [1.54, 1.807) is 19.1 Å². The summed E-state index contributed by atoms with van der Waals surface area (Å²) in [7, 11) is 0. The second-order valence-corrected chi connectivity index (χ2v) is 3.39. The lowest BCUT2D eigenvalue weighted by Crippen LogP contribution is -2.38. The number of halogens is 3. The Hall–Kier alpha value is -0.925. The summed E-state index contributed by atoms with van der Waals surface area (Å²) < 4.78 is 37.5. The Morgan fingerprint density at radius 2 is 1.31 bits per heavy atom. The van der Waals surface area contributed by atoms with Crippen LogP contribution in [0.25, 0.3) is 0 Å². The van der Waals surface area contributed by atoms with E-state index in [2.05, 4.69) is 0 Å². The first-order valence-corrected chi connectivity index (χ1v) is 4.10. The predicted octanol–water partition coefficient (Wildman–Crippen LogP) is 2.67. The van der Waals surface area contributed by atoms with E-state index in [9.17, 15) is 12.9 Å². The predicted molar refractivity (Wildman–Crippen MR) is 49.4 cm³/mol. The van der Waals surface area contributed by atoms with Gasteiger partial charge in [0.05, 0.1) is 0 Å². The van der Waals surface area contributed by atoms with Gasteiger partial charge in [-0.3, -0.25) is 0 Å². The molecule has 1 rings (SSSR count). The van der Waals surface area contributed by atoms with Crippen LogP contribution < -0.4 is 5.46 Å². The van der Waals surface area contributed by atoms with Crippen LogP contribution in [0, 0.1) is 20.8 Å². The molecule has 0 aliphatic rings. The fraction of sp³-hybridized carbons (Fsp3) is 0.333. The van der Waals surface area contributed by atoms with E-state index < -0.39 is 12.4 Å². The maximum absolute atomic E-state index is 12.5. The van der Waals surface area contributed by atoms with E-state index in [1.165, 1.54) is 13.8 Å².